The number of nitrogens with zero attached hydrogens (tertiary/aromatic N) is 1. The van der Waals surface area contributed by atoms with E-state index in [1.807, 2.05) is 18.4 Å². The first kappa shape index (κ1) is 11.0. The molecule has 84 valence electrons. The second-order valence-electron chi connectivity index (χ2n) is 3.90. The van der Waals surface area contributed by atoms with Gasteiger partial charge < -0.3 is 10.1 Å². The first-order valence-corrected chi connectivity index (χ1v) is 6.38. The Balaban J connectivity index is 1.93. The van der Waals surface area contributed by atoms with Crippen LogP contribution >= 0.6 is 11.3 Å². The Labute approximate surface area is 94.9 Å². The van der Waals surface area contributed by atoms with Crippen LogP contribution in [0.1, 0.15) is 28.6 Å². The van der Waals surface area contributed by atoms with Crippen molar-refractivity contribution in [3.05, 3.63) is 16.1 Å². The van der Waals surface area contributed by atoms with Crippen molar-refractivity contribution < 1.29 is 4.74 Å². The van der Waals surface area contributed by atoms with Gasteiger partial charge in [0, 0.05) is 37.3 Å². The second kappa shape index (κ2) is 5.58. The molecule has 4 heteroatoms. The van der Waals surface area contributed by atoms with E-state index in [4.69, 9.17) is 4.74 Å². The third-order valence-corrected chi connectivity index (χ3v) is 4.00. The fourth-order valence-corrected chi connectivity index (χ4v) is 2.93. The normalized spacial score (nSPS) is 18.2. The van der Waals surface area contributed by atoms with Crippen molar-refractivity contribution in [2.24, 2.45) is 0 Å². The van der Waals surface area contributed by atoms with Crippen LogP contribution in [0.15, 0.2) is 6.20 Å². The molecule has 1 aromatic heterocycles. The summed E-state index contributed by atoms with van der Waals surface area (Å²) in [5, 5.41) is 4.41. The smallest absolute Gasteiger partial charge is 0.0940 e. The van der Waals surface area contributed by atoms with Crippen molar-refractivity contribution in [3.63, 3.8) is 0 Å². The van der Waals surface area contributed by atoms with Crippen LogP contribution in [-0.2, 0) is 11.2 Å². The summed E-state index contributed by atoms with van der Waals surface area (Å²) in [5.74, 6) is 0.694. The van der Waals surface area contributed by atoms with Crippen LogP contribution in [0.25, 0.3) is 0 Å². The molecule has 0 unspecified atom stereocenters. The molecule has 1 aliphatic rings. The van der Waals surface area contributed by atoms with Gasteiger partial charge in [0.2, 0.25) is 0 Å². The predicted molar refractivity (Wildman–Crippen MR) is 62.5 cm³/mol. The average molecular weight is 226 g/mol. The molecule has 1 aliphatic heterocycles. The molecule has 3 nitrogen and oxygen atoms in total. The molecule has 1 fully saturated rings. The van der Waals surface area contributed by atoms with Crippen molar-refractivity contribution in [3.8, 4) is 0 Å². The maximum Gasteiger partial charge on any atom is 0.0940 e. The minimum Gasteiger partial charge on any atom is -0.381 e. The predicted octanol–water partition coefficient (Wildman–Crippen LogP) is 1.80. The number of hydrogen-bond donors (Lipinski definition) is 1. The summed E-state index contributed by atoms with van der Waals surface area (Å²) in [6, 6.07) is 0. The van der Waals surface area contributed by atoms with Gasteiger partial charge in [-0.15, -0.1) is 11.3 Å². The van der Waals surface area contributed by atoms with Crippen molar-refractivity contribution in [1.82, 2.24) is 10.3 Å². The second-order valence-corrected chi connectivity index (χ2v) is 5.04. The van der Waals surface area contributed by atoms with E-state index in [-0.39, 0.29) is 0 Å². The standard InChI is InChI=1S/C11H18N2OS/c1-12-5-2-11-13-8-10(15-11)9-3-6-14-7-4-9/h8-9,12H,2-7H2,1H3. The van der Waals surface area contributed by atoms with Crippen LogP contribution in [0.2, 0.25) is 0 Å². The number of ether oxygens (including phenoxy) is 1. The van der Waals surface area contributed by atoms with Gasteiger partial charge in [-0.1, -0.05) is 0 Å². The lowest BCUT2D eigenvalue weighted by Gasteiger charge is -2.20. The number of thiazole rings is 1. The molecule has 0 spiro atoms. The summed E-state index contributed by atoms with van der Waals surface area (Å²) in [6.45, 7) is 2.84. The molecule has 0 atom stereocenters. The topological polar surface area (TPSA) is 34.2 Å². The summed E-state index contributed by atoms with van der Waals surface area (Å²) < 4.78 is 5.37. The quantitative estimate of drug-likeness (QED) is 0.850. The van der Waals surface area contributed by atoms with Crippen LogP contribution in [0, 0.1) is 0 Å². The Bertz CT molecular complexity index is 295. The highest BCUT2D eigenvalue weighted by atomic mass is 32.1. The van der Waals surface area contributed by atoms with Crippen molar-refractivity contribution in [2.75, 3.05) is 26.8 Å². The maximum absolute atomic E-state index is 5.37. The summed E-state index contributed by atoms with van der Waals surface area (Å²) in [4.78, 5) is 5.92. The van der Waals surface area contributed by atoms with Crippen LogP contribution in [0.4, 0.5) is 0 Å². The molecular formula is C11H18N2OS. The molecule has 0 aromatic carbocycles. The van der Waals surface area contributed by atoms with Gasteiger partial charge in [-0.3, -0.25) is 0 Å². The zero-order valence-corrected chi connectivity index (χ0v) is 9.98. The van der Waals surface area contributed by atoms with Crippen molar-refractivity contribution in [2.45, 2.75) is 25.2 Å². The highest BCUT2D eigenvalue weighted by molar-refractivity contribution is 7.11. The van der Waals surface area contributed by atoms with E-state index in [2.05, 4.69) is 16.5 Å². The largest absolute Gasteiger partial charge is 0.381 e. The van der Waals surface area contributed by atoms with E-state index < -0.39 is 0 Å². The Morgan fingerprint density at radius 3 is 3.07 bits per heavy atom. The third kappa shape index (κ3) is 3.00. The fraction of sp³-hybridized carbons (Fsp3) is 0.727. The van der Waals surface area contributed by atoms with Crippen LogP contribution in [0.3, 0.4) is 0 Å². The average Bonchev–Trinajstić information content (AvgIpc) is 2.76. The van der Waals surface area contributed by atoms with Crippen molar-refractivity contribution in [1.29, 1.82) is 0 Å². The molecule has 0 amide bonds. The molecule has 1 aromatic rings. The van der Waals surface area contributed by atoms with Gasteiger partial charge in [0.15, 0.2) is 0 Å². The van der Waals surface area contributed by atoms with Crippen LogP contribution in [-0.4, -0.2) is 31.8 Å². The zero-order valence-electron chi connectivity index (χ0n) is 9.16. The van der Waals surface area contributed by atoms with Gasteiger partial charge in [-0.2, -0.15) is 0 Å². The molecule has 15 heavy (non-hydrogen) atoms. The van der Waals surface area contributed by atoms with E-state index in [1.165, 1.54) is 9.88 Å². The number of aromatic nitrogens is 1. The minimum absolute atomic E-state index is 0.694. The van der Waals surface area contributed by atoms with E-state index in [0.29, 0.717) is 5.92 Å². The van der Waals surface area contributed by atoms with E-state index >= 15 is 0 Å². The molecule has 0 radical (unpaired) electrons. The van der Waals surface area contributed by atoms with Gasteiger partial charge in [-0.05, 0) is 25.8 Å². The monoisotopic (exact) mass is 226 g/mol. The van der Waals surface area contributed by atoms with E-state index in [0.717, 1.165) is 39.0 Å². The van der Waals surface area contributed by atoms with Gasteiger partial charge in [0.05, 0.1) is 5.01 Å². The molecule has 1 saturated heterocycles. The first-order chi connectivity index (χ1) is 7.40. The molecule has 0 bridgehead atoms. The van der Waals surface area contributed by atoms with Gasteiger partial charge in [-0.25, -0.2) is 4.98 Å². The Morgan fingerprint density at radius 1 is 1.53 bits per heavy atom. The third-order valence-electron chi connectivity index (χ3n) is 2.78. The summed E-state index contributed by atoms with van der Waals surface area (Å²) >= 11 is 1.87. The number of likely N-dealkylation sites (N-methyl/N-ethyl adjacent to an activating group) is 1. The number of hydrogen-bond acceptors (Lipinski definition) is 4. The molecule has 2 heterocycles. The summed E-state index contributed by atoms with van der Waals surface area (Å²) in [6.07, 6.45) is 5.43. The fourth-order valence-electron chi connectivity index (χ4n) is 1.84. The first-order valence-electron chi connectivity index (χ1n) is 5.57. The zero-order chi connectivity index (χ0) is 10.5. The SMILES string of the molecule is CNCCc1ncc(C2CCOCC2)s1. The Morgan fingerprint density at radius 2 is 2.33 bits per heavy atom. The lowest BCUT2D eigenvalue weighted by Crippen LogP contribution is -2.13. The lowest BCUT2D eigenvalue weighted by molar-refractivity contribution is 0.0860. The summed E-state index contributed by atoms with van der Waals surface area (Å²) in [5.41, 5.74) is 0. The Kier molecular flexibility index (Phi) is 4.11. The number of nitrogens with one attached hydrogen (secondary N) is 1. The maximum atomic E-state index is 5.37. The Hall–Kier alpha value is -0.450. The molecule has 1 N–H and O–H groups in total. The molecule has 0 saturated carbocycles. The van der Waals surface area contributed by atoms with Gasteiger partial charge in [0.25, 0.3) is 0 Å². The summed E-state index contributed by atoms with van der Waals surface area (Å²) in [7, 11) is 1.98. The highest BCUT2D eigenvalue weighted by Crippen LogP contribution is 2.30. The van der Waals surface area contributed by atoms with Crippen LogP contribution < -0.4 is 5.32 Å². The number of rotatable bonds is 4. The van der Waals surface area contributed by atoms with Crippen LogP contribution in [0.5, 0.6) is 0 Å². The molecule has 0 aliphatic carbocycles. The molecular weight excluding hydrogens is 208 g/mol. The van der Waals surface area contributed by atoms with E-state index in [9.17, 15) is 0 Å². The van der Waals surface area contributed by atoms with E-state index in [1.54, 1.807) is 0 Å². The van der Waals surface area contributed by atoms with Gasteiger partial charge >= 0.3 is 0 Å². The lowest BCUT2D eigenvalue weighted by atomic mass is 9.99. The van der Waals surface area contributed by atoms with Gasteiger partial charge in [0.1, 0.15) is 0 Å². The van der Waals surface area contributed by atoms with Crippen molar-refractivity contribution >= 4 is 11.3 Å². The molecule has 2 rings (SSSR count). The minimum atomic E-state index is 0.694. The highest BCUT2D eigenvalue weighted by Gasteiger charge is 2.18.